The molecule has 2 N–H and O–H groups in total. The fourth-order valence-corrected chi connectivity index (χ4v) is 3.41. The quantitative estimate of drug-likeness (QED) is 0.598. The maximum atomic E-state index is 6.63. The third-order valence-corrected chi connectivity index (χ3v) is 4.92. The van der Waals surface area contributed by atoms with Gasteiger partial charge in [-0.1, -0.05) is 92.2 Å². The smallest absolute Gasteiger partial charge is 0.0391 e. The Morgan fingerprint density at radius 1 is 0.667 bits per heavy atom. The highest BCUT2D eigenvalue weighted by atomic mass is 14.6. The molecular weight excluding hydrogens is 290 g/mol. The molecule has 0 aliphatic rings. The molecule has 0 fully saturated rings. The van der Waals surface area contributed by atoms with Gasteiger partial charge in [-0.3, -0.25) is 0 Å². The van der Waals surface area contributed by atoms with Gasteiger partial charge in [-0.2, -0.15) is 0 Å². The predicted molar refractivity (Wildman–Crippen MR) is 104 cm³/mol. The second-order valence-electron chi connectivity index (χ2n) is 6.62. The molecule has 0 spiro atoms. The lowest BCUT2D eigenvalue weighted by Gasteiger charge is -2.22. The summed E-state index contributed by atoms with van der Waals surface area (Å²) in [7, 11) is 0. The van der Waals surface area contributed by atoms with Gasteiger partial charge in [0.2, 0.25) is 0 Å². The average Bonchev–Trinajstić information content (AvgIpc) is 2.63. The monoisotopic (exact) mass is 315 g/mol. The van der Waals surface area contributed by atoms with E-state index in [1.54, 1.807) is 0 Å². The lowest BCUT2D eigenvalue weighted by atomic mass is 9.84. The van der Waals surface area contributed by atoms with Gasteiger partial charge in [0.25, 0.3) is 0 Å². The molecule has 2 unspecified atom stereocenters. The van der Waals surface area contributed by atoms with Crippen LogP contribution in [0.1, 0.15) is 53.5 Å². The van der Waals surface area contributed by atoms with Crippen LogP contribution in [0.15, 0.2) is 72.8 Å². The topological polar surface area (TPSA) is 26.0 Å². The van der Waals surface area contributed by atoms with Gasteiger partial charge in [0.05, 0.1) is 0 Å². The van der Waals surface area contributed by atoms with E-state index in [9.17, 15) is 0 Å². The van der Waals surface area contributed by atoms with Gasteiger partial charge in [0.15, 0.2) is 0 Å². The van der Waals surface area contributed by atoms with E-state index in [0.29, 0.717) is 0 Å². The normalized spacial score (nSPS) is 13.5. The van der Waals surface area contributed by atoms with Gasteiger partial charge >= 0.3 is 0 Å². The summed E-state index contributed by atoms with van der Waals surface area (Å²) in [6, 6.07) is 25.6. The zero-order valence-corrected chi connectivity index (χ0v) is 14.7. The molecule has 0 saturated carbocycles. The SMILES string of the molecule is Cc1cc(C(C)c2ccccc2)c(N)c(C(C)c2ccccc2)c1. The van der Waals surface area contributed by atoms with E-state index in [2.05, 4.69) is 93.6 Å². The van der Waals surface area contributed by atoms with Crippen LogP contribution >= 0.6 is 0 Å². The highest BCUT2D eigenvalue weighted by Crippen LogP contribution is 2.36. The Labute approximate surface area is 145 Å². The van der Waals surface area contributed by atoms with Gasteiger partial charge in [0, 0.05) is 17.5 Å². The Morgan fingerprint density at radius 2 is 1.04 bits per heavy atom. The lowest BCUT2D eigenvalue weighted by molar-refractivity contribution is 0.889. The number of aryl methyl sites for hydroxylation is 1. The maximum absolute atomic E-state index is 6.63. The minimum Gasteiger partial charge on any atom is -0.398 e. The fourth-order valence-electron chi connectivity index (χ4n) is 3.41. The van der Waals surface area contributed by atoms with E-state index in [4.69, 9.17) is 5.73 Å². The van der Waals surface area contributed by atoms with Crippen LogP contribution in [0.4, 0.5) is 5.69 Å². The summed E-state index contributed by atoms with van der Waals surface area (Å²) in [5, 5.41) is 0. The van der Waals surface area contributed by atoms with Crippen LogP contribution in [-0.4, -0.2) is 0 Å². The van der Waals surface area contributed by atoms with E-state index >= 15 is 0 Å². The number of rotatable bonds is 4. The molecule has 0 aliphatic carbocycles. The number of nitrogens with two attached hydrogens (primary N) is 1. The van der Waals surface area contributed by atoms with E-state index < -0.39 is 0 Å². The molecule has 3 rings (SSSR count). The minimum atomic E-state index is 0.285. The Hall–Kier alpha value is -2.54. The summed E-state index contributed by atoms with van der Waals surface area (Å²) in [4.78, 5) is 0. The van der Waals surface area contributed by atoms with Crippen molar-refractivity contribution in [3.8, 4) is 0 Å². The second-order valence-corrected chi connectivity index (χ2v) is 6.62. The number of hydrogen-bond acceptors (Lipinski definition) is 1. The van der Waals surface area contributed by atoms with Crippen LogP contribution in [0.5, 0.6) is 0 Å². The zero-order valence-electron chi connectivity index (χ0n) is 14.7. The van der Waals surface area contributed by atoms with Crippen LogP contribution in [0.25, 0.3) is 0 Å². The van der Waals surface area contributed by atoms with E-state index in [0.717, 1.165) is 5.69 Å². The maximum Gasteiger partial charge on any atom is 0.0391 e. The van der Waals surface area contributed by atoms with Gasteiger partial charge in [-0.25, -0.2) is 0 Å². The number of nitrogen functional groups attached to an aromatic ring is 1. The van der Waals surface area contributed by atoms with Crippen LogP contribution in [0.2, 0.25) is 0 Å². The van der Waals surface area contributed by atoms with Crippen molar-refractivity contribution in [3.05, 3.63) is 101 Å². The highest BCUT2D eigenvalue weighted by molar-refractivity contribution is 5.61. The van der Waals surface area contributed by atoms with Crippen molar-refractivity contribution in [2.45, 2.75) is 32.6 Å². The Kier molecular flexibility index (Phi) is 4.71. The van der Waals surface area contributed by atoms with E-state index in [1.165, 1.54) is 27.8 Å². The molecule has 0 amide bonds. The van der Waals surface area contributed by atoms with Crippen LogP contribution < -0.4 is 5.73 Å². The third-order valence-electron chi connectivity index (χ3n) is 4.92. The standard InChI is InChI=1S/C23H25N/c1-16-14-21(17(2)19-10-6-4-7-11-19)23(24)22(15-16)18(3)20-12-8-5-9-13-20/h4-15,17-18H,24H2,1-3H3. The highest BCUT2D eigenvalue weighted by Gasteiger charge is 2.18. The van der Waals surface area contributed by atoms with Crippen molar-refractivity contribution in [1.82, 2.24) is 0 Å². The summed E-state index contributed by atoms with van der Waals surface area (Å²) >= 11 is 0. The Morgan fingerprint density at radius 3 is 1.42 bits per heavy atom. The van der Waals surface area contributed by atoms with E-state index in [1.807, 2.05) is 0 Å². The molecule has 0 aromatic heterocycles. The Balaban J connectivity index is 2.05. The van der Waals surface area contributed by atoms with Crippen LogP contribution in [0, 0.1) is 6.92 Å². The average molecular weight is 315 g/mol. The third kappa shape index (κ3) is 3.21. The summed E-state index contributed by atoms with van der Waals surface area (Å²) in [5.41, 5.74) is 13.9. The van der Waals surface area contributed by atoms with Crippen molar-refractivity contribution in [2.24, 2.45) is 0 Å². The lowest BCUT2D eigenvalue weighted by Crippen LogP contribution is -2.08. The molecule has 0 radical (unpaired) electrons. The number of hydrogen-bond donors (Lipinski definition) is 1. The van der Waals surface area contributed by atoms with Crippen molar-refractivity contribution >= 4 is 5.69 Å². The molecule has 0 aliphatic heterocycles. The summed E-state index contributed by atoms with van der Waals surface area (Å²) in [6.07, 6.45) is 0. The molecule has 3 aromatic carbocycles. The van der Waals surface area contributed by atoms with Crippen LogP contribution in [-0.2, 0) is 0 Å². The largest absolute Gasteiger partial charge is 0.398 e. The van der Waals surface area contributed by atoms with Gasteiger partial charge in [-0.05, 0) is 29.2 Å². The van der Waals surface area contributed by atoms with Gasteiger partial charge in [-0.15, -0.1) is 0 Å². The fraction of sp³-hybridized carbons (Fsp3) is 0.217. The second kappa shape index (κ2) is 6.92. The summed E-state index contributed by atoms with van der Waals surface area (Å²) in [6.45, 7) is 6.62. The minimum absolute atomic E-state index is 0.285. The first kappa shape index (κ1) is 16.3. The first-order chi connectivity index (χ1) is 11.6. The molecule has 0 bridgehead atoms. The Bertz CT molecular complexity index is 739. The van der Waals surface area contributed by atoms with Crippen LogP contribution in [0.3, 0.4) is 0 Å². The molecule has 2 atom stereocenters. The molecule has 1 heteroatoms. The van der Waals surface area contributed by atoms with Crippen molar-refractivity contribution in [3.63, 3.8) is 0 Å². The van der Waals surface area contributed by atoms with Crippen molar-refractivity contribution in [2.75, 3.05) is 5.73 Å². The van der Waals surface area contributed by atoms with Crippen molar-refractivity contribution in [1.29, 1.82) is 0 Å². The molecule has 0 heterocycles. The predicted octanol–water partition coefficient (Wildman–Crippen LogP) is 5.88. The first-order valence-electron chi connectivity index (χ1n) is 8.57. The zero-order chi connectivity index (χ0) is 17.1. The molecule has 0 saturated heterocycles. The molecule has 24 heavy (non-hydrogen) atoms. The van der Waals surface area contributed by atoms with E-state index in [-0.39, 0.29) is 11.8 Å². The molecular formula is C23H25N. The number of benzene rings is 3. The molecule has 122 valence electrons. The summed E-state index contributed by atoms with van der Waals surface area (Å²) in [5.74, 6) is 0.570. The van der Waals surface area contributed by atoms with Gasteiger partial charge < -0.3 is 5.73 Å². The molecule has 1 nitrogen and oxygen atoms in total. The molecule has 3 aromatic rings. The van der Waals surface area contributed by atoms with Gasteiger partial charge in [0.1, 0.15) is 0 Å². The first-order valence-corrected chi connectivity index (χ1v) is 8.57. The van der Waals surface area contributed by atoms with Crippen molar-refractivity contribution < 1.29 is 0 Å². The summed E-state index contributed by atoms with van der Waals surface area (Å²) < 4.78 is 0. The number of anilines is 1.